The number of carbonyl (C=O) groups is 1. The fourth-order valence-electron chi connectivity index (χ4n) is 5.73. The normalized spacial score (nSPS) is 19.9. The number of anilines is 4. The molecule has 0 bridgehead atoms. The molecule has 0 radical (unpaired) electrons. The van der Waals surface area contributed by atoms with E-state index in [0.29, 0.717) is 33.8 Å². The number of aromatic nitrogens is 3. The Morgan fingerprint density at radius 3 is 2.37 bits per heavy atom. The molecule has 3 aliphatic rings. The summed E-state index contributed by atoms with van der Waals surface area (Å²) < 4.78 is 56.3. The second-order valence-electron chi connectivity index (χ2n) is 11.3. The van der Waals surface area contributed by atoms with Crippen LogP contribution in [0.15, 0.2) is 36.5 Å². The predicted octanol–water partition coefficient (Wildman–Crippen LogP) is 3.33. The number of nitrogens with one attached hydrogen (secondary N) is 2. The lowest BCUT2D eigenvalue weighted by Gasteiger charge is -2.35. The van der Waals surface area contributed by atoms with Gasteiger partial charge in [0.2, 0.25) is 10.0 Å². The maximum absolute atomic E-state index is 13.8. The average Bonchev–Trinajstić information content (AvgIpc) is 3.50. The second-order valence-corrected chi connectivity index (χ2v) is 13.1. The topological polar surface area (TPSA) is 132 Å². The molecule has 11 nitrogen and oxygen atoms in total. The number of aliphatic hydroxyl groups is 1. The van der Waals surface area contributed by atoms with E-state index < -0.39 is 34.2 Å². The number of nitrogens with zero attached hydrogens (tertiary/aromatic N) is 5. The molecular weight excluding hydrogens is 556 g/mol. The third-order valence-electron chi connectivity index (χ3n) is 8.40. The summed E-state index contributed by atoms with van der Waals surface area (Å²) in [6, 6.07) is 8.07. The van der Waals surface area contributed by atoms with Gasteiger partial charge in [-0.2, -0.15) is 9.61 Å². The van der Waals surface area contributed by atoms with Crippen LogP contribution in [0.1, 0.15) is 48.9 Å². The molecule has 3 N–H and O–H groups in total. The molecule has 2 aromatic heterocycles. The van der Waals surface area contributed by atoms with Crippen molar-refractivity contribution in [3.63, 3.8) is 0 Å². The van der Waals surface area contributed by atoms with E-state index in [1.807, 2.05) is 4.90 Å². The minimum absolute atomic E-state index is 0.146. The molecule has 2 saturated heterocycles. The first-order chi connectivity index (χ1) is 19.6. The van der Waals surface area contributed by atoms with E-state index in [1.165, 1.54) is 18.9 Å². The van der Waals surface area contributed by atoms with Crippen LogP contribution in [-0.2, 0) is 10.0 Å². The SMILES string of the molecule is O=C(Nc1cc(N2CCC(F)(F)CC2)n2nccc2n1)c1ccc(NS(=O)(=O)CCO)cc1N1CCC2(CC1)CC2. The van der Waals surface area contributed by atoms with E-state index in [9.17, 15) is 22.0 Å². The first-order valence-electron chi connectivity index (χ1n) is 13.8. The quantitative estimate of drug-likeness (QED) is 0.365. The Balaban J connectivity index is 1.29. The number of fused-ring (bicyclic) bond motifs is 1. The van der Waals surface area contributed by atoms with Crippen LogP contribution in [0.4, 0.5) is 31.8 Å². The van der Waals surface area contributed by atoms with Crippen molar-refractivity contribution in [1.82, 2.24) is 14.6 Å². The number of alkyl halides is 2. The van der Waals surface area contributed by atoms with Gasteiger partial charge >= 0.3 is 0 Å². The van der Waals surface area contributed by atoms with Gasteiger partial charge in [-0.3, -0.25) is 9.52 Å². The van der Waals surface area contributed by atoms with Gasteiger partial charge in [-0.15, -0.1) is 0 Å². The molecule has 3 aromatic rings. The van der Waals surface area contributed by atoms with Gasteiger partial charge in [0.05, 0.1) is 35.5 Å². The Kier molecular flexibility index (Phi) is 7.00. The van der Waals surface area contributed by atoms with Crippen molar-refractivity contribution >= 4 is 44.6 Å². The van der Waals surface area contributed by atoms with Crippen molar-refractivity contribution in [3.8, 4) is 0 Å². The van der Waals surface area contributed by atoms with Crippen LogP contribution in [0.3, 0.4) is 0 Å². The van der Waals surface area contributed by atoms with Crippen molar-refractivity contribution in [3.05, 3.63) is 42.1 Å². The van der Waals surface area contributed by atoms with Gasteiger partial charge in [-0.25, -0.2) is 22.2 Å². The number of rotatable bonds is 8. The highest BCUT2D eigenvalue weighted by Gasteiger charge is 2.44. The maximum atomic E-state index is 13.8. The molecule has 1 aliphatic carbocycles. The largest absolute Gasteiger partial charge is 0.395 e. The molecule has 6 rings (SSSR count). The van der Waals surface area contributed by atoms with E-state index in [4.69, 9.17) is 5.11 Å². The molecule has 1 aromatic carbocycles. The minimum Gasteiger partial charge on any atom is -0.395 e. The molecule has 1 spiro atoms. The molecule has 1 saturated carbocycles. The molecule has 220 valence electrons. The van der Waals surface area contributed by atoms with Crippen molar-refractivity contribution < 1.29 is 27.1 Å². The second kappa shape index (κ2) is 10.4. The van der Waals surface area contributed by atoms with Crippen LogP contribution in [0.2, 0.25) is 0 Å². The lowest BCUT2D eigenvalue weighted by atomic mass is 9.93. The summed E-state index contributed by atoms with van der Waals surface area (Å²) in [4.78, 5) is 22.1. The van der Waals surface area contributed by atoms with Gasteiger partial charge in [-0.1, -0.05) is 0 Å². The van der Waals surface area contributed by atoms with Crippen LogP contribution >= 0.6 is 0 Å². The molecule has 0 atom stereocenters. The fraction of sp³-hybridized carbons (Fsp3) is 0.519. The molecule has 1 amide bonds. The number of carbonyl (C=O) groups excluding carboxylic acids is 1. The fourth-order valence-corrected chi connectivity index (χ4v) is 6.56. The standard InChI is InChI=1S/C27H33F2N7O4S/c28-27(29)8-13-35(14-9-27)24-18-22(31-23-3-10-30-36(23)24)32-25(38)20-2-1-19(33-41(39,40)16-15-37)17-21(20)34-11-6-26(4-5-26)7-12-34/h1-3,10,17-18,33,37H,4-9,11-16H2,(H,31,32,38). The molecular formula is C27H33F2N7O4S. The highest BCUT2D eigenvalue weighted by atomic mass is 32.2. The molecule has 14 heteroatoms. The third kappa shape index (κ3) is 5.94. The van der Waals surface area contributed by atoms with Gasteiger partial charge in [-0.05, 0) is 49.3 Å². The van der Waals surface area contributed by atoms with Crippen LogP contribution in [-0.4, -0.2) is 78.5 Å². The van der Waals surface area contributed by atoms with Crippen LogP contribution in [0.5, 0.6) is 0 Å². The highest BCUT2D eigenvalue weighted by molar-refractivity contribution is 7.92. The first kappa shape index (κ1) is 27.6. The van der Waals surface area contributed by atoms with Crippen LogP contribution in [0, 0.1) is 5.41 Å². The lowest BCUT2D eigenvalue weighted by Crippen LogP contribution is -2.40. The molecule has 4 heterocycles. The summed E-state index contributed by atoms with van der Waals surface area (Å²) in [5, 5.41) is 16.3. The summed E-state index contributed by atoms with van der Waals surface area (Å²) in [6.07, 6.45) is 5.47. The van der Waals surface area contributed by atoms with Crippen molar-refractivity contribution in [2.24, 2.45) is 5.41 Å². The van der Waals surface area contributed by atoms with Crippen LogP contribution < -0.4 is 19.8 Å². The average molecular weight is 590 g/mol. The Morgan fingerprint density at radius 2 is 1.68 bits per heavy atom. The number of amides is 1. The molecule has 41 heavy (non-hydrogen) atoms. The van der Waals surface area contributed by atoms with Gasteiger partial charge < -0.3 is 20.2 Å². The Labute approximate surface area is 236 Å². The minimum atomic E-state index is -3.75. The highest BCUT2D eigenvalue weighted by Crippen LogP contribution is 2.54. The summed E-state index contributed by atoms with van der Waals surface area (Å²) in [5.74, 6) is -2.75. The molecule has 2 aliphatic heterocycles. The number of halogens is 2. The Morgan fingerprint density at radius 1 is 0.976 bits per heavy atom. The number of piperidine rings is 2. The summed E-state index contributed by atoms with van der Waals surface area (Å²) >= 11 is 0. The van der Waals surface area contributed by atoms with Gasteiger partial charge in [0.25, 0.3) is 11.8 Å². The number of aliphatic hydroxyl groups excluding tert-OH is 1. The van der Waals surface area contributed by atoms with Gasteiger partial charge in [0.1, 0.15) is 11.6 Å². The summed E-state index contributed by atoms with van der Waals surface area (Å²) in [7, 11) is -3.75. The van der Waals surface area contributed by atoms with Gasteiger partial charge in [0.15, 0.2) is 5.65 Å². The van der Waals surface area contributed by atoms with Crippen molar-refractivity contribution in [2.75, 3.05) is 58.4 Å². The summed E-state index contributed by atoms with van der Waals surface area (Å²) in [5.41, 5.74) is 2.13. The smallest absolute Gasteiger partial charge is 0.258 e. The summed E-state index contributed by atoms with van der Waals surface area (Å²) in [6.45, 7) is 1.28. The monoisotopic (exact) mass is 589 g/mol. The Hall–Kier alpha value is -3.52. The van der Waals surface area contributed by atoms with E-state index >= 15 is 0 Å². The van der Waals surface area contributed by atoms with Crippen molar-refractivity contribution in [2.45, 2.75) is 44.4 Å². The number of hydrogen-bond donors (Lipinski definition) is 3. The number of sulfonamides is 1. The molecule has 0 unspecified atom stereocenters. The van der Waals surface area contributed by atoms with E-state index in [1.54, 1.807) is 35.0 Å². The van der Waals surface area contributed by atoms with Crippen LogP contribution in [0.25, 0.3) is 5.65 Å². The molecule has 3 fully saturated rings. The first-order valence-corrected chi connectivity index (χ1v) is 15.5. The van der Waals surface area contributed by atoms with E-state index in [2.05, 4.69) is 25.0 Å². The predicted molar refractivity (Wildman–Crippen MR) is 151 cm³/mol. The third-order valence-corrected chi connectivity index (χ3v) is 9.67. The maximum Gasteiger partial charge on any atom is 0.258 e. The van der Waals surface area contributed by atoms with E-state index in [-0.39, 0.29) is 31.7 Å². The zero-order valence-corrected chi connectivity index (χ0v) is 23.3. The van der Waals surface area contributed by atoms with Crippen molar-refractivity contribution in [1.29, 1.82) is 0 Å². The van der Waals surface area contributed by atoms with E-state index in [0.717, 1.165) is 25.9 Å². The number of hydrogen-bond acceptors (Lipinski definition) is 8. The zero-order valence-electron chi connectivity index (χ0n) is 22.5. The zero-order chi connectivity index (χ0) is 28.8. The number of benzene rings is 1. The lowest BCUT2D eigenvalue weighted by molar-refractivity contribution is -0.0222. The Bertz CT molecular complexity index is 1550. The van der Waals surface area contributed by atoms with Gasteiger partial charge in [0, 0.05) is 51.2 Å².